The van der Waals surface area contributed by atoms with E-state index in [2.05, 4.69) is 0 Å². The molecule has 7 heteroatoms. The summed E-state index contributed by atoms with van der Waals surface area (Å²) in [5.74, 6) is -1.93. The SMILES string of the molecule is CCOC(=O)[C@@H]1C[C@]1(C(=O)OC(C)(C)C)c1ccc(C(F)(F)F)cc1. The normalized spacial score (nSPS) is 23.1. The maximum Gasteiger partial charge on any atom is 0.416 e. The van der Waals surface area contributed by atoms with Crippen LogP contribution in [0.5, 0.6) is 0 Å². The van der Waals surface area contributed by atoms with Crippen molar-refractivity contribution in [3.05, 3.63) is 35.4 Å². The van der Waals surface area contributed by atoms with Crippen molar-refractivity contribution >= 4 is 11.9 Å². The largest absolute Gasteiger partial charge is 0.466 e. The van der Waals surface area contributed by atoms with Crippen molar-refractivity contribution in [3.63, 3.8) is 0 Å². The Morgan fingerprint density at radius 3 is 2.16 bits per heavy atom. The third-order valence-corrected chi connectivity index (χ3v) is 4.02. The van der Waals surface area contributed by atoms with Crippen LogP contribution in [0.15, 0.2) is 24.3 Å². The van der Waals surface area contributed by atoms with Crippen LogP contribution in [0.2, 0.25) is 0 Å². The Morgan fingerprint density at radius 2 is 1.72 bits per heavy atom. The van der Waals surface area contributed by atoms with Gasteiger partial charge >= 0.3 is 18.1 Å². The van der Waals surface area contributed by atoms with Crippen LogP contribution in [0.4, 0.5) is 13.2 Å². The molecular formula is C18H21F3O4. The zero-order valence-electron chi connectivity index (χ0n) is 14.6. The summed E-state index contributed by atoms with van der Waals surface area (Å²) in [5, 5.41) is 0. The summed E-state index contributed by atoms with van der Waals surface area (Å²) in [5.41, 5.74) is -2.56. The predicted molar refractivity (Wildman–Crippen MR) is 83.7 cm³/mol. The lowest BCUT2D eigenvalue weighted by atomic mass is 9.92. The highest BCUT2D eigenvalue weighted by Gasteiger charge is 2.67. The van der Waals surface area contributed by atoms with Crippen molar-refractivity contribution < 1.29 is 32.2 Å². The molecule has 2 atom stereocenters. The van der Waals surface area contributed by atoms with Gasteiger partial charge in [0.1, 0.15) is 11.0 Å². The number of carbonyl (C=O) groups excluding carboxylic acids is 2. The quantitative estimate of drug-likeness (QED) is 0.767. The van der Waals surface area contributed by atoms with Gasteiger partial charge in [-0.05, 0) is 51.8 Å². The van der Waals surface area contributed by atoms with Crippen LogP contribution in [0.3, 0.4) is 0 Å². The van der Waals surface area contributed by atoms with E-state index in [1.807, 2.05) is 0 Å². The highest BCUT2D eigenvalue weighted by Crippen LogP contribution is 2.56. The van der Waals surface area contributed by atoms with Gasteiger partial charge in [-0.1, -0.05) is 12.1 Å². The van der Waals surface area contributed by atoms with Crippen LogP contribution >= 0.6 is 0 Å². The van der Waals surface area contributed by atoms with Crippen LogP contribution < -0.4 is 0 Å². The number of alkyl halides is 3. The van der Waals surface area contributed by atoms with Gasteiger partial charge < -0.3 is 9.47 Å². The van der Waals surface area contributed by atoms with E-state index in [4.69, 9.17) is 9.47 Å². The second-order valence-electron chi connectivity index (χ2n) is 7.06. The molecule has 1 aromatic rings. The first-order chi connectivity index (χ1) is 11.4. The Labute approximate surface area is 144 Å². The lowest BCUT2D eigenvalue weighted by Crippen LogP contribution is -2.34. The van der Waals surface area contributed by atoms with E-state index >= 15 is 0 Å². The third kappa shape index (κ3) is 3.96. The molecular weight excluding hydrogens is 337 g/mol. The standard InChI is InChI=1S/C18H21F3O4/c1-5-24-14(22)13-10-17(13,15(23)25-16(2,3)4)11-6-8-12(9-7-11)18(19,20)21/h6-9,13H,5,10H2,1-4H3/t13-,17-/m0/s1. The fourth-order valence-electron chi connectivity index (χ4n) is 2.78. The number of carbonyl (C=O) groups is 2. The van der Waals surface area contributed by atoms with Gasteiger partial charge in [0.25, 0.3) is 0 Å². The molecule has 0 unspecified atom stereocenters. The van der Waals surface area contributed by atoms with E-state index in [1.54, 1.807) is 27.7 Å². The minimum absolute atomic E-state index is 0.159. The number of ether oxygens (including phenoxy) is 2. The average Bonchev–Trinajstić information content (AvgIpc) is 3.22. The zero-order chi connectivity index (χ0) is 19.0. The molecule has 138 valence electrons. The van der Waals surface area contributed by atoms with Crippen molar-refractivity contribution in [3.8, 4) is 0 Å². The molecule has 0 amide bonds. The molecule has 1 aromatic carbocycles. The van der Waals surface area contributed by atoms with Gasteiger partial charge in [-0.15, -0.1) is 0 Å². The minimum atomic E-state index is -4.47. The molecule has 0 N–H and O–H groups in total. The monoisotopic (exact) mass is 358 g/mol. The van der Waals surface area contributed by atoms with Crippen molar-refractivity contribution in [1.29, 1.82) is 0 Å². The summed E-state index contributed by atoms with van der Waals surface area (Å²) in [4.78, 5) is 24.8. The molecule has 1 fully saturated rings. The van der Waals surface area contributed by atoms with Gasteiger partial charge in [-0.25, -0.2) is 0 Å². The maximum atomic E-state index is 12.8. The first kappa shape index (κ1) is 19.3. The van der Waals surface area contributed by atoms with Gasteiger partial charge in [-0.3, -0.25) is 9.59 Å². The summed E-state index contributed by atoms with van der Waals surface area (Å²) in [6.45, 7) is 6.87. The van der Waals surface area contributed by atoms with Crippen molar-refractivity contribution in [2.75, 3.05) is 6.61 Å². The fraction of sp³-hybridized carbons (Fsp3) is 0.556. The van der Waals surface area contributed by atoms with Crippen molar-refractivity contribution in [1.82, 2.24) is 0 Å². The summed E-state index contributed by atoms with van der Waals surface area (Å²) >= 11 is 0. The Hall–Kier alpha value is -2.05. The second kappa shape index (κ2) is 6.35. The van der Waals surface area contributed by atoms with Gasteiger partial charge in [0.2, 0.25) is 0 Å². The first-order valence-corrected chi connectivity index (χ1v) is 7.99. The number of hydrogen-bond acceptors (Lipinski definition) is 4. The van der Waals surface area contributed by atoms with E-state index in [-0.39, 0.29) is 13.0 Å². The van der Waals surface area contributed by atoms with Crippen LogP contribution in [-0.2, 0) is 30.7 Å². The summed E-state index contributed by atoms with van der Waals surface area (Å²) in [7, 11) is 0. The summed E-state index contributed by atoms with van der Waals surface area (Å²) < 4.78 is 48.6. The topological polar surface area (TPSA) is 52.6 Å². The van der Waals surface area contributed by atoms with Crippen LogP contribution in [-0.4, -0.2) is 24.1 Å². The van der Waals surface area contributed by atoms with E-state index < -0.39 is 40.6 Å². The van der Waals surface area contributed by atoms with E-state index in [0.29, 0.717) is 5.56 Å². The highest BCUT2D eigenvalue weighted by atomic mass is 19.4. The average molecular weight is 358 g/mol. The Morgan fingerprint density at radius 1 is 1.16 bits per heavy atom. The Balaban J connectivity index is 2.37. The minimum Gasteiger partial charge on any atom is -0.466 e. The first-order valence-electron chi connectivity index (χ1n) is 7.99. The van der Waals surface area contributed by atoms with Crippen molar-refractivity contribution in [2.45, 2.75) is 51.3 Å². The van der Waals surface area contributed by atoms with Crippen molar-refractivity contribution in [2.24, 2.45) is 5.92 Å². The van der Waals surface area contributed by atoms with Gasteiger partial charge in [0.05, 0.1) is 18.1 Å². The van der Waals surface area contributed by atoms with Gasteiger partial charge in [0.15, 0.2) is 0 Å². The second-order valence-corrected chi connectivity index (χ2v) is 7.06. The molecule has 0 aliphatic heterocycles. The van der Waals surface area contributed by atoms with Crippen LogP contribution in [0, 0.1) is 5.92 Å². The molecule has 1 aliphatic rings. The van der Waals surface area contributed by atoms with E-state index in [0.717, 1.165) is 12.1 Å². The Bertz CT molecular complexity index is 658. The molecule has 1 aliphatic carbocycles. The molecule has 0 radical (unpaired) electrons. The third-order valence-electron chi connectivity index (χ3n) is 4.02. The molecule has 0 bridgehead atoms. The molecule has 25 heavy (non-hydrogen) atoms. The summed E-state index contributed by atoms with van der Waals surface area (Å²) in [6, 6.07) is 4.27. The summed E-state index contributed by atoms with van der Waals surface area (Å²) in [6.07, 6.45) is -4.31. The van der Waals surface area contributed by atoms with Crippen LogP contribution in [0.1, 0.15) is 45.2 Å². The molecule has 0 spiro atoms. The predicted octanol–water partition coefficient (Wildman–Crippen LogP) is 3.87. The van der Waals surface area contributed by atoms with Crippen LogP contribution in [0.25, 0.3) is 0 Å². The number of halogens is 3. The number of esters is 2. The fourth-order valence-corrected chi connectivity index (χ4v) is 2.78. The lowest BCUT2D eigenvalue weighted by Gasteiger charge is -2.25. The smallest absolute Gasteiger partial charge is 0.416 e. The van der Waals surface area contributed by atoms with Gasteiger partial charge in [0, 0.05) is 0 Å². The Kier molecular flexibility index (Phi) is 4.90. The molecule has 0 saturated heterocycles. The van der Waals surface area contributed by atoms with E-state index in [1.165, 1.54) is 12.1 Å². The van der Waals surface area contributed by atoms with Gasteiger partial charge in [-0.2, -0.15) is 13.2 Å². The molecule has 0 heterocycles. The number of hydrogen-bond donors (Lipinski definition) is 0. The maximum absolute atomic E-state index is 12.8. The molecule has 0 aromatic heterocycles. The molecule has 1 saturated carbocycles. The molecule has 4 nitrogen and oxygen atoms in total. The zero-order valence-corrected chi connectivity index (χ0v) is 14.6. The number of rotatable bonds is 4. The molecule has 2 rings (SSSR count). The number of benzene rings is 1. The lowest BCUT2D eigenvalue weighted by molar-refractivity contribution is -0.161. The highest BCUT2D eigenvalue weighted by molar-refractivity contribution is 5.96. The van der Waals surface area contributed by atoms with E-state index in [9.17, 15) is 22.8 Å².